The van der Waals surface area contributed by atoms with E-state index >= 15 is 0 Å². The number of hydrogen-bond acceptors (Lipinski definition) is 7. The summed E-state index contributed by atoms with van der Waals surface area (Å²) in [5, 5.41) is 8.40. The number of nitrogen functional groups attached to an aromatic ring is 1. The molecule has 20 heavy (non-hydrogen) atoms. The third-order valence-electron chi connectivity index (χ3n) is 3.43. The molecule has 1 saturated heterocycles. The third kappa shape index (κ3) is 2.66. The average molecular weight is 277 g/mol. The molecule has 0 radical (unpaired) electrons. The first-order valence-electron chi connectivity index (χ1n) is 6.73. The van der Waals surface area contributed by atoms with Gasteiger partial charge in [0.25, 0.3) is 0 Å². The van der Waals surface area contributed by atoms with E-state index in [1.165, 1.54) is 0 Å². The lowest BCUT2D eigenvalue weighted by molar-refractivity contribution is 0.0398. The van der Waals surface area contributed by atoms with Gasteiger partial charge in [-0.2, -0.15) is 15.1 Å². The largest absolute Gasteiger partial charge is 0.379 e. The molecule has 3 heterocycles. The van der Waals surface area contributed by atoms with Crippen LogP contribution in [0.2, 0.25) is 0 Å². The summed E-state index contributed by atoms with van der Waals surface area (Å²) in [6.45, 7) is 5.35. The monoisotopic (exact) mass is 277 g/mol. The van der Waals surface area contributed by atoms with Gasteiger partial charge in [-0.15, -0.1) is 0 Å². The van der Waals surface area contributed by atoms with Gasteiger partial charge in [-0.05, 0) is 0 Å². The van der Waals surface area contributed by atoms with Crippen molar-refractivity contribution in [3.8, 4) is 0 Å². The molecular formula is C12H19N7O. The maximum Gasteiger partial charge on any atom is 0.224 e. The van der Waals surface area contributed by atoms with Crippen molar-refractivity contribution in [1.29, 1.82) is 0 Å². The van der Waals surface area contributed by atoms with Crippen molar-refractivity contribution in [3.05, 3.63) is 6.20 Å². The Morgan fingerprint density at radius 3 is 2.95 bits per heavy atom. The summed E-state index contributed by atoms with van der Waals surface area (Å²) in [6, 6.07) is 0. The summed E-state index contributed by atoms with van der Waals surface area (Å²) < 4.78 is 7.03. The summed E-state index contributed by atoms with van der Waals surface area (Å²) in [6.07, 6.45) is 1.76. The fraction of sp³-hybridized carbons (Fsp3) is 0.583. The van der Waals surface area contributed by atoms with Crippen LogP contribution in [0.5, 0.6) is 0 Å². The zero-order valence-electron chi connectivity index (χ0n) is 11.5. The average Bonchev–Trinajstić information content (AvgIpc) is 2.82. The van der Waals surface area contributed by atoms with E-state index in [0.717, 1.165) is 56.2 Å². The van der Waals surface area contributed by atoms with Gasteiger partial charge in [0, 0.05) is 33.2 Å². The minimum atomic E-state index is 0.259. The van der Waals surface area contributed by atoms with Crippen LogP contribution >= 0.6 is 0 Å². The Bertz CT molecular complexity index is 591. The summed E-state index contributed by atoms with van der Waals surface area (Å²) in [7, 11) is 1.84. The molecule has 1 aliphatic rings. The number of ether oxygens (including phenoxy) is 1. The fourth-order valence-corrected chi connectivity index (χ4v) is 2.33. The van der Waals surface area contributed by atoms with Gasteiger partial charge in [0.15, 0.2) is 5.65 Å². The van der Waals surface area contributed by atoms with E-state index in [2.05, 4.69) is 25.3 Å². The first-order valence-corrected chi connectivity index (χ1v) is 6.73. The number of hydrogen-bond donors (Lipinski definition) is 2. The number of nitrogens with zero attached hydrogens (tertiary/aromatic N) is 5. The Kier molecular flexibility index (Phi) is 3.66. The maximum atomic E-state index is 5.74. The van der Waals surface area contributed by atoms with E-state index in [4.69, 9.17) is 10.5 Å². The molecule has 3 N–H and O–H groups in total. The van der Waals surface area contributed by atoms with Crippen molar-refractivity contribution in [3.63, 3.8) is 0 Å². The van der Waals surface area contributed by atoms with E-state index in [-0.39, 0.29) is 5.95 Å². The molecular weight excluding hydrogens is 258 g/mol. The van der Waals surface area contributed by atoms with Gasteiger partial charge >= 0.3 is 0 Å². The molecule has 2 aromatic heterocycles. The lowest BCUT2D eigenvalue weighted by Gasteiger charge is -2.26. The molecule has 0 amide bonds. The zero-order valence-corrected chi connectivity index (χ0v) is 11.5. The van der Waals surface area contributed by atoms with E-state index in [9.17, 15) is 0 Å². The summed E-state index contributed by atoms with van der Waals surface area (Å²) >= 11 is 0. The number of nitrogens with two attached hydrogens (primary N) is 1. The highest BCUT2D eigenvalue weighted by atomic mass is 16.5. The summed E-state index contributed by atoms with van der Waals surface area (Å²) in [4.78, 5) is 10.8. The molecule has 0 aliphatic carbocycles. The Morgan fingerprint density at radius 1 is 1.35 bits per heavy atom. The number of rotatable bonds is 4. The number of nitrogens with one attached hydrogen (secondary N) is 1. The second-order valence-corrected chi connectivity index (χ2v) is 4.82. The molecule has 0 bridgehead atoms. The molecule has 0 unspecified atom stereocenters. The molecule has 1 aliphatic heterocycles. The first-order chi connectivity index (χ1) is 9.74. The van der Waals surface area contributed by atoms with Crippen LogP contribution in [-0.4, -0.2) is 64.0 Å². The van der Waals surface area contributed by atoms with E-state index in [1.54, 1.807) is 10.9 Å². The van der Waals surface area contributed by atoms with Crippen molar-refractivity contribution in [2.45, 2.75) is 0 Å². The Hall–Kier alpha value is -1.93. The van der Waals surface area contributed by atoms with Crippen molar-refractivity contribution >= 4 is 22.8 Å². The molecule has 0 saturated carbocycles. The SMILES string of the molecule is Cn1ncc2c(NCCN3CCOCC3)nc(N)nc21. The minimum absolute atomic E-state index is 0.259. The topological polar surface area (TPSA) is 94.1 Å². The van der Waals surface area contributed by atoms with Crippen LogP contribution in [0.3, 0.4) is 0 Å². The summed E-state index contributed by atoms with van der Waals surface area (Å²) in [5.41, 5.74) is 6.48. The highest BCUT2D eigenvalue weighted by molar-refractivity contribution is 5.87. The molecule has 8 nitrogen and oxygen atoms in total. The van der Waals surface area contributed by atoms with Crippen LogP contribution < -0.4 is 11.1 Å². The van der Waals surface area contributed by atoms with Crippen molar-refractivity contribution in [2.24, 2.45) is 7.05 Å². The number of fused-ring (bicyclic) bond motifs is 1. The Morgan fingerprint density at radius 2 is 2.15 bits per heavy atom. The molecule has 108 valence electrons. The van der Waals surface area contributed by atoms with Gasteiger partial charge in [0.05, 0.1) is 24.8 Å². The van der Waals surface area contributed by atoms with E-state index < -0.39 is 0 Å². The fourth-order valence-electron chi connectivity index (χ4n) is 2.33. The number of anilines is 2. The van der Waals surface area contributed by atoms with Crippen molar-refractivity contribution in [2.75, 3.05) is 50.4 Å². The Labute approximate surface area is 116 Å². The molecule has 8 heteroatoms. The van der Waals surface area contributed by atoms with Crippen LogP contribution in [0.25, 0.3) is 11.0 Å². The van der Waals surface area contributed by atoms with Gasteiger partial charge in [0.2, 0.25) is 5.95 Å². The second-order valence-electron chi connectivity index (χ2n) is 4.82. The zero-order chi connectivity index (χ0) is 13.9. The highest BCUT2D eigenvalue weighted by Gasteiger charge is 2.12. The predicted octanol–water partition coefficient (Wildman–Crippen LogP) is -0.310. The minimum Gasteiger partial charge on any atom is -0.379 e. The van der Waals surface area contributed by atoms with E-state index in [1.807, 2.05) is 7.05 Å². The lowest BCUT2D eigenvalue weighted by Crippen LogP contribution is -2.39. The third-order valence-corrected chi connectivity index (χ3v) is 3.43. The van der Waals surface area contributed by atoms with E-state index in [0.29, 0.717) is 0 Å². The Balaban J connectivity index is 1.67. The number of morpholine rings is 1. The van der Waals surface area contributed by atoms with Crippen LogP contribution in [0, 0.1) is 0 Å². The second kappa shape index (κ2) is 5.59. The maximum absolute atomic E-state index is 5.74. The number of aryl methyl sites for hydroxylation is 1. The molecule has 0 spiro atoms. The normalized spacial score (nSPS) is 16.6. The molecule has 1 fully saturated rings. The first kappa shape index (κ1) is 13.1. The van der Waals surface area contributed by atoms with Crippen LogP contribution in [0.4, 0.5) is 11.8 Å². The summed E-state index contributed by atoms with van der Waals surface area (Å²) in [5.74, 6) is 1.00. The standard InChI is InChI=1S/C12H19N7O/c1-18-11-9(8-15-18)10(16-12(13)17-11)14-2-3-19-4-6-20-7-5-19/h8H,2-7H2,1H3,(H3,13,14,16,17). The van der Waals surface area contributed by atoms with Crippen molar-refractivity contribution < 1.29 is 4.74 Å². The quantitative estimate of drug-likeness (QED) is 0.791. The van der Waals surface area contributed by atoms with Crippen LogP contribution in [0.1, 0.15) is 0 Å². The molecule has 2 aromatic rings. The molecule has 0 aromatic carbocycles. The highest BCUT2D eigenvalue weighted by Crippen LogP contribution is 2.19. The van der Waals surface area contributed by atoms with Crippen LogP contribution in [-0.2, 0) is 11.8 Å². The van der Waals surface area contributed by atoms with Gasteiger partial charge in [0.1, 0.15) is 5.82 Å². The molecule has 3 rings (SSSR count). The van der Waals surface area contributed by atoms with Crippen LogP contribution in [0.15, 0.2) is 6.20 Å². The van der Waals surface area contributed by atoms with Gasteiger partial charge in [-0.25, -0.2) is 0 Å². The molecule has 0 atom stereocenters. The number of aromatic nitrogens is 4. The van der Waals surface area contributed by atoms with Crippen molar-refractivity contribution in [1.82, 2.24) is 24.6 Å². The van der Waals surface area contributed by atoms with Gasteiger partial charge < -0.3 is 15.8 Å². The van der Waals surface area contributed by atoms with Gasteiger partial charge in [-0.1, -0.05) is 0 Å². The smallest absolute Gasteiger partial charge is 0.224 e. The van der Waals surface area contributed by atoms with Gasteiger partial charge in [-0.3, -0.25) is 9.58 Å². The predicted molar refractivity (Wildman–Crippen MR) is 76.5 cm³/mol. The lowest BCUT2D eigenvalue weighted by atomic mass is 10.3.